The fraction of sp³-hybridized carbons (Fsp3) is 0.625. The predicted molar refractivity (Wildman–Crippen MR) is 83.5 cm³/mol. The van der Waals surface area contributed by atoms with E-state index in [1.165, 1.54) is 32.1 Å². The molecule has 0 aliphatic heterocycles. The maximum absolute atomic E-state index is 6.53. The van der Waals surface area contributed by atoms with Gasteiger partial charge in [0.05, 0.1) is 6.61 Å². The molecule has 1 aromatic carbocycles. The van der Waals surface area contributed by atoms with Crippen LogP contribution in [-0.2, 0) is 0 Å². The Bertz CT molecular complexity index is 369. The zero-order valence-corrected chi connectivity index (χ0v) is 13.1. The molecule has 19 heavy (non-hydrogen) atoms. The molecule has 1 saturated carbocycles. The summed E-state index contributed by atoms with van der Waals surface area (Å²) < 4.78 is 6.88. The first kappa shape index (κ1) is 14.9. The van der Waals surface area contributed by atoms with E-state index >= 15 is 0 Å². The number of benzene rings is 1. The molecule has 0 atom stereocenters. The van der Waals surface area contributed by atoms with E-state index in [4.69, 9.17) is 10.5 Å². The largest absolute Gasteiger partial charge is 0.494 e. The Morgan fingerprint density at radius 3 is 2.21 bits per heavy atom. The van der Waals surface area contributed by atoms with Gasteiger partial charge in [-0.15, -0.1) is 0 Å². The van der Waals surface area contributed by atoms with Crippen LogP contribution < -0.4 is 10.5 Å². The highest BCUT2D eigenvalue weighted by Gasteiger charge is 2.25. The van der Waals surface area contributed by atoms with Crippen LogP contribution in [0, 0.1) is 0 Å². The molecule has 0 bridgehead atoms. The molecule has 1 aliphatic carbocycles. The van der Waals surface area contributed by atoms with E-state index in [-0.39, 0.29) is 5.54 Å². The second kappa shape index (κ2) is 7.30. The number of nitrogens with two attached hydrogens (primary N) is 1. The summed E-state index contributed by atoms with van der Waals surface area (Å²) in [6.45, 7) is 0.720. The lowest BCUT2D eigenvalue weighted by molar-refractivity contribution is 0.225. The molecule has 1 fully saturated rings. The number of hydrogen-bond acceptors (Lipinski definition) is 2. The van der Waals surface area contributed by atoms with E-state index in [1.807, 2.05) is 24.3 Å². The molecule has 0 saturated heterocycles. The SMILES string of the molecule is NC1(CCOc2ccc(Br)cc2)CCCCCCC1. The highest BCUT2D eigenvalue weighted by Crippen LogP contribution is 2.27. The Hall–Kier alpha value is -0.540. The van der Waals surface area contributed by atoms with Crippen molar-refractivity contribution in [2.24, 2.45) is 5.73 Å². The van der Waals surface area contributed by atoms with Crippen molar-refractivity contribution in [2.75, 3.05) is 6.61 Å². The standard InChI is InChI=1S/C16H24BrNO/c17-14-6-8-15(9-7-14)19-13-12-16(18)10-4-2-1-3-5-11-16/h6-9H,1-5,10-13,18H2. The van der Waals surface area contributed by atoms with Gasteiger partial charge in [0, 0.05) is 10.0 Å². The molecular weight excluding hydrogens is 302 g/mol. The van der Waals surface area contributed by atoms with Crippen molar-refractivity contribution in [3.8, 4) is 5.75 Å². The van der Waals surface area contributed by atoms with Gasteiger partial charge in [0.1, 0.15) is 5.75 Å². The maximum atomic E-state index is 6.53. The summed E-state index contributed by atoms with van der Waals surface area (Å²) in [5.74, 6) is 0.928. The zero-order chi connectivity index (χ0) is 13.6. The van der Waals surface area contributed by atoms with E-state index in [1.54, 1.807) is 0 Å². The lowest BCUT2D eigenvalue weighted by atomic mass is 9.82. The Morgan fingerprint density at radius 2 is 1.58 bits per heavy atom. The minimum atomic E-state index is -0.00418. The van der Waals surface area contributed by atoms with Crippen molar-refractivity contribution in [2.45, 2.75) is 56.9 Å². The summed E-state index contributed by atoms with van der Waals surface area (Å²) in [7, 11) is 0. The Balaban J connectivity index is 1.78. The lowest BCUT2D eigenvalue weighted by Gasteiger charge is -2.31. The Labute approximate surface area is 124 Å². The quantitative estimate of drug-likeness (QED) is 0.873. The minimum Gasteiger partial charge on any atom is -0.494 e. The number of hydrogen-bond donors (Lipinski definition) is 1. The van der Waals surface area contributed by atoms with Crippen LogP contribution in [0.15, 0.2) is 28.7 Å². The van der Waals surface area contributed by atoms with Crippen molar-refractivity contribution >= 4 is 15.9 Å². The molecule has 0 aromatic heterocycles. The van der Waals surface area contributed by atoms with Crippen molar-refractivity contribution < 1.29 is 4.74 Å². The molecule has 0 amide bonds. The van der Waals surface area contributed by atoms with Gasteiger partial charge in [-0.2, -0.15) is 0 Å². The van der Waals surface area contributed by atoms with Gasteiger partial charge in [-0.05, 0) is 43.5 Å². The van der Waals surface area contributed by atoms with E-state index in [0.717, 1.165) is 36.1 Å². The third-order valence-corrected chi connectivity index (χ3v) is 4.56. The first-order chi connectivity index (χ1) is 9.18. The smallest absolute Gasteiger partial charge is 0.119 e. The molecule has 1 aliphatic rings. The number of halogens is 1. The molecule has 0 radical (unpaired) electrons. The molecular formula is C16H24BrNO. The minimum absolute atomic E-state index is 0.00418. The second-order valence-electron chi connectivity index (χ2n) is 5.68. The molecule has 2 N–H and O–H groups in total. The van der Waals surface area contributed by atoms with E-state index in [2.05, 4.69) is 15.9 Å². The van der Waals surface area contributed by atoms with Crippen LogP contribution >= 0.6 is 15.9 Å². The normalized spacial score (nSPS) is 19.5. The van der Waals surface area contributed by atoms with Crippen LogP contribution in [0.3, 0.4) is 0 Å². The first-order valence-corrected chi connectivity index (χ1v) is 8.15. The van der Waals surface area contributed by atoms with E-state index in [0.29, 0.717) is 0 Å². The van der Waals surface area contributed by atoms with E-state index < -0.39 is 0 Å². The highest BCUT2D eigenvalue weighted by atomic mass is 79.9. The van der Waals surface area contributed by atoms with Crippen LogP contribution in [0.2, 0.25) is 0 Å². The van der Waals surface area contributed by atoms with Gasteiger partial charge in [0.2, 0.25) is 0 Å². The monoisotopic (exact) mass is 325 g/mol. The molecule has 0 spiro atoms. The summed E-state index contributed by atoms with van der Waals surface area (Å²) in [5.41, 5.74) is 6.53. The maximum Gasteiger partial charge on any atom is 0.119 e. The molecule has 106 valence electrons. The molecule has 2 nitrogen and oxygen atoms in total. The topological polar surface area (TPSA) is 35.2 Å². The van der Waals surface area contributed by atoms with Crippen molar-refractivity contribution in [1.82, 2.24) is 0 Å². The van der Waals surface area contributed by atoms with Crippen LogP contribution in [0.1, 0.15) is 51.4 Å². The first-order valence-electron chi connectivity index (χ1n) is 7.35. The number of ether oxygens (including phenoxy) is 1. The third-order valence-electron chi connectivity index (χ3n) is 4.03. The van der Waals surface area contributed by atoms with Gasteiger partial charge in [-0.1, -0.05) is 48.0 Å². The molecule has 2 rings (SSSR count). The van der Waals surface area contributed by atoms with Gasteiger partial charge < -0.3 is 10.5 Å². The number of rotatable bonds is 4. The fourth-order valence-electron chi connectivity index (χ4n) is 2.76. The molecule has 0 heterocycles. The molecule has 0 unspecified atom stereocenters. The summed E-state index contributed by atoms with van der Waals surface area (Å²) in [5, 5.41) is 0. The fourth-order valence-corrected chi connectivity index (χ4v) is 3.03. The average Bonchev–Trinajstić information content (AvgIpc) is 2.37. The van der Waals surface area contributed by atoms with E-state index in [9.17, 15) is 0 Å². The Kier molecular flexibility index (Phi) is 5.71. The molecule has 1 aromatic rings. The molecule has 3 heteroatoms. The van der Waals surface area contributed by atoms with Crippen molar-refractivity contribution in [1.29, 1.82) is 0 Å². The summed E-state index contributed by atoms with van der Waals surface area (Å²) in [4.78, 5) is 0. The van der Waals surface area contributed by atoms with Gasteiger partial charge in [-0.25, -0.2) is 0 Å². The van der Waals surface area contributed by atoms with Gasteiger partial charge in [0.25, 0.3) is 0 Å². The van der Waals surface area contributed by atoms with Gasteiger partial charge in [-0.3, -0.25) is 0 Å². The predicted octanol–water partition coefficient (Wildman–Crippen LogP) is 4.66. The summed E-state index contributed by atoms with van der Waals surface area (Å²) in [6, 6.07) is 7.99. The van der Waals surface area contributed by atoms with Crippen molar-refractivity contribution in [3.05, 3.63) is 28.7 Å². The third kappa shape index (κ3) is 5.15. The zero-order valence-electron chi connectivity index (χ0n) is 11.5. The summed E-state index contributed by atoms with van der Waals surface area (Å²) in [6.07, 6.45) is 9.87. The van der Waals surface area contributed by atoms with Crippen LogP contribution in [0.5, 0.6) is 5.75 Å². The van der Waals surface area contributed by atoms with Gasteiger partial charge in [0.15, 0.2) is 0 Å². The van der Waals surface area contributed by atoms with Crippen LogP contribution in [-0.4, -0.2) is 12.1 Å². The van der Waals surface area contributed by atoms with Crippen LogP contribution in [0.25, 0.3) is 0 Å². The van der Waals surface area contributed by atoms with Crippen molar-refractivity contribution in [3.63, 3.8) is 0 Å². The second-order valence-corrected chi connectivity index (χ2v) is 6.60. The Morgan fingerprint density at radius 1 is 1.00 bits per heavy atom. The van der Waals surface area contributed by atoms with Gasteiger partial charge >= 0.3 is 0 Å². The summed E-state index contributed by atoms with van der Waals surface area (Å²) >= 11 is 3.43. The van der Waals surface area contributed by atoms with Crippen LogP contribution in [0.4, 0.5) is 0 Å². The lowest BCUT2D eigenvalue weighted by Crippen LogP contribution is -2.41. The average molecular weight is 326 g/mol. The highest BCUT2D eigenvalue weighted by molar-refractivity contribution is 9.10.